The van der Waals surface area contributed by atoms with Gasteiger partial charge in [0.25, 0.3) is 0 Å². The van der Waals surface area contributed by atoms with Crippen LogP contribution in [0, 0.1) is 5.92 Å². The first kappa shape index (κ1) is 13.0. The number of hydrogen-bond acceptors (Lipinski definition) is 3. The number of rotatable bonds is 2. The fourth-order valence-electron chi connectivity index (χ4n) is 2.44. The van der Waals surface area contributed by atoms with Crippen molar-refractivity contribution < 1.29 is 9.59 Å². The first-order chi connectivity index (χ1) is 9.74. The zero-order valence-electron chi connectivity index (χ0n) is 11.4. The molecule has 0 bridgehead atoms. The fraction of sp³-hybridized carbons (Fsp3) is 0.467. The van der Waals surface area contributed by atoms with Crippen LogP contribution in [0.3, 0.4) is 0 Å². The van der Waals surface area contributed by atoms with Crippen molar-refractivity contribution in [1.82, 2.24) is 10.2 Å². The smallest absolute Gasteiger partial charge is 0.324 e. The van der Waals surface area contributed by atoms with Gasteiger partial charge in [0.2, 0.25) is 5.91 Å². The van der Waals surface area contributed by atoms with Crippen LogP contribution in [0.5, 0.6) is 0 Å². The van der Waals surface area contributed by atoms with E-state index in [1.807, 2.05) is 18.2 Å². The lowest BCUT2D eigenvalue weighted by Crippen LogP contribution is -2.53. The lowest BCUT2D eigenvalue weighted by Gasteiger charge is -2.35. The minimum absolute atomic E-state index is 0.0737. The maximum Gasteiger partial charge on any atom is 0.324 e. The summed E-state index contributed by atoms with van der Waals surface area (Å²) >= 11 is 0. The second-order valence-electron chi connectivity index (χ2n) is 5.38. The van der Waals surface area contributed by atoms with E-state index in [0.717, 1.165) is 25.9 Å². The number of piperazine rings is 1. The number of carbonyl (C=O) groups is 2. The lowest BCUT2D eigenvalue weighted by molar-refractivity contribution is -0.121. The fourth-order valence-corrected chi connectivity index (χ4v) is 2.44. The van der Waals surface area contributed by atoms with Crippen molar-refractivity contribution in [3.05, 3.63) is 30.3 Å². The number of urea groups is 1. The van der Waals surface area contributed by atoms with E-state index in [1.54, 1.807) is 4.90 Å². The number of para-hydroxylation sites is 1. The Balaban J connectivity index is 1.50. The number of carbonyl (C=O) groups excluding carboxylic acids is 2. The Morgan fingerprint density at radius 3 is 2.25 bits per heavy atom. The average molecular weight is 273 g/mol. The van der Waals surface area contributed by atoms with Gasteiger partial charge in [0.15, 0.2) is 0 Å². The Bertz CT molecular complexity index is 491. The summed E-state index contributed by atoms with van der Waals surface area (Å²) in [5, 5.41) is 2.50. The van der Waals surface area contributed by atoms with Crippen LogP contribution in [0.15, 0.2) is 30.3 Å². The molecule has 0 atom stereocenters. The third-order valence-corrected chi connectivity index (χ3v) is 3.87. The number of amides is 3. The molecular formula is C15H19N3O2. The molecule has 0 radical (unpaired) electrons. The summed E-state index contributed by atoms with van der Waals surface area (Å²) in [4.78, 5) is 27.5. The monoisotopic (exact) mass is 273 g/mol. The predicted molar refractivity (Wildman–Crippen MR) is 76.5 cm³/mol. The topological polar surface area (TPSA) is 52.7 Å². The Kier molecular flexibility index (Phi) is 3.58. The molecule has 2 fully saturated rings. The van der Waals surface area contributed by atoms with Crippen molar-refractivity contribution in [3.63, 3.8) is 0 Å². The summed E-state index contributed by atoms with van der Waals surface area (Å²) < 4.78 is 0. The second-order valence-corrected chi connectivity index (χ2v) is 5.38. The minimum Gasteiger partial charge on any atom is -0.368 e. The van der Waals surface area contributed by atoms with E-state index in [1.165, 1.54) is 5.69 Å². The second kappa shape index (κ2) is 5.53. The highest BCUT2D eigenvalue weighted by Crippen LogP contribution is 2.28. The number of nitrogens with one attached hydrogen (secondary N) is 1. The molecule has 0 aromatic heterocycles. The third-order valence-electron chi connectivity index (χ3n) is 3.87. The summed E-state index contributed by atoms with van der Waals surface area (Å²) in [6.45, 7) is 2.90. The largest absolute Gasteiger partial charge is 0.368 e. The molecule has 1 aromatic rings. The van der Waals surface area contributed by atoms with Crippen molar-refractivity contribution in [3.8, 4) is 0 Å². The van der Waals surface area contributed by atoms with Crippen LogP contribution in [0.25, 0.3) is 0 Å². The number of imide groups is 1. The molecule has 20 heavy (non-hydrogen) atoms. The van der Waals surface area contributed by atoms with Gasteiger partial charge in [-0.3, -0.25) is 10.1 Å². The van der Waals surface area contributed by atoms with E-state index in [2.05, 4.69) is 22.3 Å². The van der Waals surface area contributed by atoms with E-state index in [-0.39, 0.29) is 17.9 Å². The Morgan fingerprint density at radius 1 is 1.00 bits per heavy atom. The number of nitrogens with zero attached hydrogens (tertiary/aromatic N) is 2. The Labute approximate surface area is 118 Å². The molecule has 2 aliphatic rings. The highest BCUT2D eigenvalue weighted by atomic mass is 16.2. The van der Waals surface area contributed by atoms with E-state index in [4.69, 9.17) is 0 Å². The normalized spacial score (nSPS) is 18.8. The molecule has 5 heteroatoms. The highest BCUT2D eigenvalue weighted by Gasteiger charge is 2.32. The first-order valence-corrected chi connectivity index (χ1v) is 7.14. The Morgan fingerprint density at radius 2 is 1.65 bits per heavy atom. The van der Waals surface area contributed by atoms with Crippen LogP contribution in [-0.2, 0) is 4.79 Å². The van der Waals surface area contributed by atoms with Gasteiger partial charge in [-0.2, -0.15) is 0 Å². The van der Waals surface area contributed by atoms with Gasteiger partial charge in [0.05, 0.1) is 0 Å². The quantitative estimate of drug-likeness (QED) is 0.887. The van der Waals surface area contributed by atoms with Crippen molar-refractivity contribution in [1.29, 1.82) is 0 Å². The molecule has 1 aliphatic carbocycles. The van der Waals surface area contributed by atoms with E-state index in [9.17, 15) is 9.59 Å². The van der Waals surface area contributed by atoms with Gasteiger partial charge in [0, 0.05) is 37.8 Å². The molecule has 0 unspecified atom stereocenters. The summed E-state index contributed by atoms with van der Waals surface area (Å²) in [6, 6.07) is 9.94. The van der Waals surface area contributed by atoms with Crippen LogP contribution in [0.2, 0.25) is 0 Å². The maximum absolute atomic E-state index is 12.0. The summed E-state index contributed by atoms with van der Waals surface area (Å²) in [5.41, 5.74) is 1.18. The van der Waals surface area contributed by atoms with E-state index < -0.39 is 0 Å². The zero-order chi connectivity index (χ0) is 13.9. The molecule has 3 rings (SSSR count). The van der Waals surface area contributed by atoms with Gasteiger partial charge in [-0.05, 0) is 25.0 Å². The maximum atomic E-state index is 12.0. The lowest BCUT2D eigenvalue weighted by atomic mass is 10.2. The number of anilines is 1. The molecule has 1 heterocycles. The van der Waals surface area contributed by atoms with Gasteiger partial charge in [0.1, 0.15) is 0 Å². The van der Waals surface area contributed by atoms with Gasteiger partial charge >= 0.3 is 6.03 Å². The van der Waals surface area contributed by atoms with Crippen molar-refractivity contribution in [2.75, 3.05) is 31.1 Å². The van der Waals surface area contributed by atoms with E-state index in [0.29, 0.717) is 13.1 Å². The van der Waals surface area contributed by atoms with Gasteiger partial charge in [-0.1, -0.05) is 18.2 Å². The molecule has 5 nitrogen and oxygen atoms in total. The third kappa shape index (κ3) is 2.92. The summed E-state index contributed by atoms with van der Waals surface area (Å²) in [7, 11) is 0. The molecule has 1 saturated heterocycles. The van der Waals surface area contributed by atoms with Crippen molar-refractivity contribution in [2.24, 2.45) is 5.92 Å². The molecule has 106 valence electrons. The van der Waals surface area contributed by atoms with Gasteiger partial charge < -0.3 is 9.80 Å². The van der Waals surface area contributed by atoms with Gasteiger partial charge in [-0.25, -0.2) is 4.79 Å². The number of hydrogen-bond donors (Lipinski definition) is 1. The molecule has 0 spiro atoms. The van der Waals surface area contributed by atoms with Crippen molar-refractivity contribution >= 4 is 17.6 Å². The predicted octanol–water partition coefficient (Wildman–Crippen LogP) is 1.45. The van der Waals surface area contributed by atoms with Crippen LogP contribution in [0.1, 0.15) is 12.8 Å². The van der Waals surface area contributed by atoms with Crippen LogP contribution in [0.4, 0.5) is 10.5 Å². The van der Waals surface area contributed by atoms with Crippen LogP contribution >= 0.6 is 0 Å². The van der Waals surface area contributed by atoms with Gasteiger partial charge in [-0.15, -0.1) is 0 Å². The van der Waals surface area contributed by atoms with Crippen LogP contribution in [-0.4, -0.2) is 43.0 Å². The minimum atomic E-state index is -0.241. The Hall–Kier alpha value is -2.04. The molecular weight excluding hydrogens is 254 g/mol. The van der Waals surface area contributed by atoms with E-state index >= 15 is 0 Å². The highest BCUT2D eigenvalue weighted by molar-refractivity contribution is 5.96. The molecule has 1 aliphatic heterocycles. The molecule has 1 saturated carbocycles. The summed E-state index contributed by atoms with van der Waals surface area (Å²) in [5.74, 6) is -0.0370. The molecule has 3 amide bonds. The zero-order valence-corrected chi connectivity index (χ0v) is 11.4. The SMILES string of the molecule is O=C(NC(=O)N1CCN(c2ccccc2)CC1)C1CC1. The van der Waals surface area contributed by atoms with Crippen molar-refractivity contribution in [2.45, 2.75) is 12.8 Å². The molecule has 1 aromatic carbocycles. The number of benzene rings is 1. The standard InChI is InChI=1S/C15H19N3O2/c19-14(12-6-7-12)16-15(20)18-10-8-17(9-11-18)13-4-2-1-3-5-13/h1-5,12H,6-11H2,(H,16,19,20). The summed E-state index contributed by atoms with van der Waals surface area (Å²) in [6.07, 6.45) is 1.84. The van der Waals surface area contributed by atoms with Crippen LogP contribution < -0.4 is 10.2 Å². The average Bonchev–Trinajstić information content (AvgIpc) is 3.33. The first-order valence-electron chi connectivity index (χ1n) is 7.14. The molecule has 1 N–H and O–H groups in total.